The first-order chi connectivity index (χ1) is 7.83. The predicted molar refractivity (Wildman–Crippen MR) is 64.3 cm³/mol. The highest BCUT2D eigenvalue weighted by Gasteiger charge is 2.12. The van der Waals surface area contributed by atoms with Gasteiger partial charge in [-0.25, -0.2) is 0 Å². The van der Waals surface area contributed by atoms with E-state index in [1.54, 1.807) is 0 Å². The lowest BCUT2D eigenvalue weighted by molar-refractivity contribution is -0.125. The fourth-order valence-corrected chi connectivity index (χ4v) is 1.90. The molecule has 16 heavy (non-hydrogen) atoms. The molecule has 1 saturated heterocycles. The molecule has 1 aliphatic rings. The summed E-state index contributed by atoms with van der Waals surface area (Å²) in [6.45, 7) is 5.94. The van der Waals surface area contributed by atoms with Crippen molar-refractivity contribution in [3.05, 3.63) is 0 Å². The van der Waals surface area contributed by atoms with E-state index in [9.17, 15) is 4.79 Å². The van der Waals surface area contributed by atoms with Crippen LogP contribution in [-0.4, -0.2) is 38.8 Å². The summed E-state index contributed by atoms with van der Waals surface area (Å²) >= 11 is 0. The van der Waals surface area contributed by atoms with Gasteiger partial charge in [-0.05, 0) is 44.7 Å². The first-order valence-electron chi connectivity index (χ1n) is 6.38. The highest BCUT2D eigenvalue weighted by molar-refractivity contribution is 5.77. The Kier molecular flexibility index (Phi) is 7.17. The Balaban J connectivity index is 1.92. The molecule has 0 radical (unpaired) electrons. The van der Waals surface area contributed by atoms with Crippen molar-refractivity contribution in [2.24, 2.45) is 5.92 Å². The Morgan fingerprint density at radius 1 is 1.56 bits per heavy atom. The summed E-state index contributed by atoms with van der Waals surface area (Å²) in [5.41, 5.74) is 0. The summed E-state index contributed by atoms with van der Waals surface area (Å²) in [5.74, 6) is 0.732. The van der Waals surface area contributed by atoms with Gasteiger partial charge >= 0.3 is 0 Å². The molecule has 0 aromatic rings. The summed E-state index contributed by atoms with van der Waals surface area (Å²) < 4.78 is 5.36. The van der Waals surface area contributed by atoms with E-state index in [2.05, 4.69) is 10.6 Å². The zero-order valence-corrected chi connectivity index (χ0v) is 10.3. The monoisotopic (exact) mass is 228 g/mol. The fourth-order valence-electron chi connectivity index (χ4n) is 1.90. The molecule has 1 unspecified atom stereocenters. The van der Waals surface area contributed by atoms with Crippen molar-refractivity contribution in [1.82, 2.24) is 10.6 Å². The average molecular weight is 228 g/mol. The van der Waals surface area contributed by atoms with E-state index in [4.69, 9.17) is 4.74 Å². The van der Waals surface area contributed by atoms with Crippen LogP contribution in [-0.2, 0) is 9.53 Å². The Morgan fingerprint density at radius 2 is 2.44 bits per heavy atom. The number of carbonyl (C=O) groups excluding carboxylic acids is 1. The molecule has 1 rings (SSSR count). The van der Waals surface area contributed by atoms with E-state index in [-0.39, 0.29) is 12.5 Å². The van der Waals surface area contributed by atoms with Crippen molar-refractivity contribution >= 4 is 5.91 Å². The van der Waals surface area contributed by atoms with Crippen LogP contribution in [0.25, 0.3) is 0 Å². The molecule has 1 amide bonds. The Labute approximate surface area is 98.1 Å². The first kappa shape index (κ1) is 13.5. The standard InChI is InChI=1S/C12H24N2O2/c1-2-6-14-12(15)10-16-8-5-11-4-3-7-13-9-11/h11,13H,2-10H2,1H3,(H,14,15). The van der Waals surface area contributed by atoms with Crippen LogP contribution in [0.1, 0.15) is 32.6 Å². The summed E-state index contributed by atoms with van der Waals surface area (Å²) in [6.07, 6.45) is 4.59. The number of amides is 1. The van der Waals surface area contributed by atoms with Gasteiger partial charge in [0.25, 0.3) is 0 Å². The second-order valence-electron chi connectivity index (χ2n) is 4.40. The minimum atomic E-state index is 0.00335. The third-order valence-electron chi connectivity index (χ3n) is 2.87. The van der Waals surface area contributed by atoms with Crippen molar-refractivity contribution in [2.75, 3.05) is 32.8 Å². The van der Waals surface area contributed by atoms with Gasteiger partial charge in [0.15, 0.2) is 0 Å². The molecule has 4 heteroatoms. The van der Waals surface area contributed by atoms with Crippen LogP contribution >= 0.6 is 0 Å². The van der Waals surface area contributed by atoms with E-state index in [0.717, 1.165) is 38.4 Å². The fraction of sp³-hybridized carbons (Fsp3) is 0.917. The molecule has 1 aliphatic heterocycles. The molecule has 2 N–H and O–H groups in total. The quantitative estimate of drug-likeness (QED) is 0.637. The van der Waals surface area contributed by atoms with Gasteiger partial charge in [-0.3, -0.25) is 4.79 Å². The molecule has 0 spiro atoms. The average Bonchev–Trinajstić information content (AvgIpc) is 2.33. The maximum Gasteiger partial charge on any atom is 0.245 e. The molecular formula is C12H24N2O2. The highest BCUT2D eigenvalue weighted by Crippen LogP contribution is 2.13. The maximum absolute atomic E-state index is 11.2. The van der Waals surface area contributed by atoms with Crippen LogP contribution in [0.3, 0.4) is 0 Å². The summed E-state index contributed by atoms with van der Waals surface area (Å²) in [6, 6.07) is 0. The van der Waals surface area contributed by atoms with Crippen molar-refractivity contribution < 1.29 is 9.53 Å². The van der Waals surface area contributed by atoms with E-state index < -0.39 is 0 Å². The van der Waals surface area contributed by atoms with Crippen LogP contribution < -0.4 is 10.6 Å². The third-order valence-corrected chi connectivity index (χ3v) is 2.87. The highest BCUT2D eigenvalue weighted by atomic mass is 16.5. The first-order valence-corrected chi connectivity index (χ1v) is 6.38. The second kappa shape index (κ2) is 8.53. The Morgan fingerprint density at radius 3 is 3.12 bits per heavy atom. The van der Waals surface area contributed by atoms with Crippen molar-refractivity contribution in [2.45, 2.75) is 32.6 Å². The van der Waals surface area contributed by atoms with E-state index in [1.807, 2.05) is 6.92 Å². The van der Waals surface area contributed by atoms with Crippen molar-refractivity contribution in [3.8, 4) is 0 Å². The number of piperidine rings is 1. The summed E-state index contributed by atoms with van der Waals surface area (Å²) in [4.78, 5) is 11.2. The van der Waals surface area contributed by atoms with Crippen molar-refractivity contribution in [3.63, 3.8) is 0 Å². The SMILES string of the molecule is CCCNC(=O)COCCC1CCCNC1. The van der Waals surface area contributed by atoms with Gasteiger partial charge in [0, 0.05) is 13.2 Å². The molecule has 0 aliphatic carbocycles. The molecule has 0 bridgehead atoms. The minimum absolute atomic E-state index is 0.00335. The molecule has 0 saturated carbocycles. The topological polar surface area (TPSA) is 50.4 Å². The predicted octanol–water partition coefficient (Wildman–Crippen LogP) is 0.919. The second-order valence-corrected chi connectivity index (χ2v) is 4.40. The smallest absolute Gasteiger partial charge is 0.245 e. The van der Waals surface area contributed by atoms with Crippen LogP contribution in [0.4, 0.5) is 0 Å². The number of nitrogens with one attached hydrogen (secondary N) is 2. The number of hydrogen-bond acceptors (Lipinski definition) is 3. The lowest BCUT2D eigenvalue weighted by Crippen LogP contribution is -2.31. The van der Waals surface area contributed by atoms with Gasteiger partial charge in [0.2, 0.25) is 5.91 Å². The largest absolute Gasteiger partial charge is 0.372 e. The number of carbonyl (C=O) groups is 1. The van der Waals surface area contributed by atoms with Gasteiger partial charge < -0.3 is 15.4 Å². The summed E-state index contributed by atoms with van der Waals surface area (Å²) in [7, 11) is 0. The molecule has 1 heterocycles. The maximum atomic E-state index is 11.2. The Hall–Kier alpha value is -0.610. The molecular weight excluding hydrogens is 204 g/mol. The molecule has 1 atom stereocenters. The molecule has 0 aromatic carbocycles. The van der Waals surface area contributed by atoms with Crippen LogP contribution in [0.5, 0.6) is 0 Å². The number of ether oxygens (including phenoxy) is 1. The van der Waals surface area contributed by atoms with E-state index >= 15 is 0 Å². The normalized spacial score (nSPS) is 20.7. The van der Waals surface area contributed by atoms with Crippen LogP contribution in [0.15, 0.2) is 0 Å². The summed E-state index contributed by atoms with van der Waals surface area (Å²) in [5, 5.41) is 6.17. The minimum Gasteiger partial charge on any atom is -0.372 e. The van der Waals surface area contributed by atoms with Gasteiger partial charge in [0.05, 0.1) is 0 Å². The molecule has 0 aromatic heterocycles. The number of rotatable bonds is 7. The van der Waals surface area contributed by atoms with Crippen molar-refractivity contribution in [1.29, 1.82) is 0 Å². The third kappa shape index (κ3) is 6.08. The van der Waals surface area contributed by atoms with Crippen LogP contribution in [0.2, 0.25) is 0 Å². The molecule has 4 nitrogen and oxygen atoms in total. The van der Waals surface area contributed by atoms with Gasteiger partial charge in [0.1, 0.15) is 6.61 Å². The van der Waals surface area contributed by atoms with Gasteiger partial charge in [-0.2, -0.15) is 0 Å². The van der Waals surface area contributed by atoms with Gasteiger partial charge in [-0.15, -0.1) is 0 Å². The van der Waals surface area contributed by atoms with Gasteiger partial charge in [-0.1, -0.05) is 6.92 Å². The zero-order valence-electron chi connectivity index (χ0n) is 10.3. The van der Waals surface area contributed by atoms with Crippen LogP contribution in [0, 0.1) is 5.92 Å². The lowest BCUT2D eigenvalue weighted by atomic mass is 9.97. The zero-order chi connectivity index (χ0) is 11.6. The molecule has 1 fully saturated rings. The molecule has 94 valence electrons. The van der Waals surface area contributed by atoms with E-state index in [1.165, 1.54) is 12.8 Å². The number of hydrogen-bond donors (Lipinski definition) is 2. The Bertz CT molecular complexity index is 191. The lowest BCUT2D eigenvalue weighted by Gasteiger charge is -2.22. The van der Waals surface area contributed by atoms with E-state index in [0.29, 0.717) is 6.61 Å².